The van der Waals surface area contributed by atoms with E-state index in [2.05, 4.69) is 45.0 Å². The summed E-state index contributed by atoms with van der Waals surface area (Å²) in [6.45, 7) is 2.72. The zero-order valence-electron chi connectivity index (χ0n) is 14.6. The number of nitrogens with zero attached hydrogens (tertiary/aromatic N) is 2. The van der Waals surface area contributed by atoms with Crippen LogP contribution in [0.2, 0.25) is 0 Å². The van der Waals surface area contributed by atoms with Gasteiger partial charge in [-0.3, -0.25) is 9.78 Å². The van der Waals surface area contributed by atoms with Crippen molar-refractivity contribution >= 4 is 33.0 Å². The number of benzene rings is 1. The number of fused-ring (bicyclic) bond motifs is 1. The molecule has 1 aliphatic rings. The minimum Gasteiger partial charge on any atom is -0.347 e. The van der Waals surface area contributed by atoms with Crippen molar-refractivity contribution in [2.24, 2.45) is 0 Å². The topological polar surface area (TPSA) is 57.3 Å². The molecule has 1 aromatic carbocycles. The molecule has 134 valence electrons. The normalized spacial score (nSPS) is 15.1. The molecule has 0 unspecified atom stereocenters. The van der Waals surface area contributed by atoms with Crippen molar-refractivity contribution in [1.29, 1.82) is 0 Å². The van der Waals surface area contributed by atoms with Crippen molar-refractivity contribution in [3.05, 3.63) is 59.2 Å². The molecule has 1 aliphatic heterocycles. The molecular weight excluding hydrogens is 344 g/mol. The highest BCUT2D eigenvalue weighted by molar-refractivity contribution is 7.20. The van der Waals surface area contributed by atoms with Crippen molar-refractivity contribution < 1.29 is 4.79 Å². The SMILES string of the molecule is O=C(NCc1ccc(NN2CCCCC2)cc1)c1cc2cnccc2s1. The first kappa shape index (κ1) is 17.0. The third-order valence-electron chi connectivity index (χ3n) is 4.59. The predicted molar refractivity (Wildman–Crippen MR) is 106 cm³/mol. The lowest BCUT2D eigenvalue weighted by Crippen LogP contribution is -2.34. The molecule has 0 bridgehead atoms. The number of hydrazine groups is 1. The van der Waals surface area contributed by atoms with Crippen LogP contribution in [0.15, 0.2) is 48.8 Å². The lowest BCUT2D eigenvalue weighted by molar-refractivity contribution is 0.0955. The van der Waals surface area contributed by atoms with Crippen LogP contribution in [0.5, 0.6) is 0 Å². The van der Waals surface area contributed by atoms with Crippen LogP contribution in [-0.2, 0) is 6.54 Å². The molecule has 6 heteroatoms. The number of amides is 1. The summed E-state index contributed by atoms with van der Waals surface area (Å²) < 4.78 is 1.08. The summed E-state index contributed by atoms with van der Waals surface area (Å²) in [5, 5.41) is 6.28. The molecule has 1 saturated heterocycles. The van der Waals surface area contributed by atoms with E-state index < -0.39 is 0 Å². The quantitative estimate of drug-likeness (QED) is 0.715. The van der Waals surface area contributed by atoms with E-state index in [0.29, 0.717) is 6.54 Å². The van der Waals surface area contributed by atoms with Gasteiger partial charge in [0.05, 0.1) is 4.88 Å². The van der Waals surface area contributed by atoms with Gasteiger partial charge >= 0.3 is 0 Å². The molecule has 3 aromatic rings. The molecule has 2 N–H and O–H groups in total. The Morgan fingerprint density at radius 3 is 2.69 bits per heavy atom. The zero-order valence-corrected chi connectivity index (χ0v) is 15.4. The Labute approximate surface area is 157 Å². The summed E-state index contributed by atoms with van der Waals surface area (Å²) in [6, 6.07) is 12.1. The van der Waals surface area contributed by atoms with Crippen LogP contribution >= 0.6 is 11.3 Å². The average molecular weight is 366 g/mol. The number of hydrogen-bond donors (Lipinski definition) is 2. The Morgan fingerprint density at radius 1 is 1.12 bits per heavy atom. The number of piperidine rings is 1. The maximum Gasteiger partial charge on any atom is 0.261 e. The van der Waals surface area contributed by atoms with Gasteiger partial charge in [0, 0.05) is 47.8 Å². The second-order valence-corrected chi connectivity index (χ2v) is 7.65. The Kier molecular flexibility index (Phi) is 5.13. The van der Waals surface area contributed by atoms with Gasteiger partial charge in [-0.25, -0.2) is 5.01 Å². The molecule has 0 saturated carbocycles. The van der Waals surface area contributed by atoms with Gasteiger partial charge in [0.25, 0.3) is 5.91 Å². The summed E-state index contributed by atoms with van der Waals surface area (Å²) >= 11 is 1.49. The van der Waals surface area contributed by atoms with Crippen LogP contribution in [0.4, 0.5) is 5.69 Å². The molecule has 1 fully saturated rings. The van der Waals surface area contributed by atoms with E-state index in [0.717, 1.165) is 39.3 Å². The fraction of sp³-hybridized carbons (Fsp3) is 0.300. The first-order valence-electron chi connectivity index (χ1n) is 9.00. The minimum absolute atomic E-state index is 0.0401. The van der Waals surface area contributed by atoms with Crippen LogP contribution < -0.4 is 10.7 Å². The lowest BCUT2D eigenvalue weighted by Gasteiger charge is -2.27. The van der Waals surface area contributed by atoms with Crippen molar-refractivity contribution in [2.75, 3.05) is 18.5 Å². The second-order valence-electron chi connectivity index (χ2n) is 6.56. The number of aromatic nitrogens is 1. The highest BCUT2D eigenvalue weighted by Gasteiger charge is 2.11. The summed E-state index contributed by atoms with van der Waals surface area (Å²) in [5.41, 5.74) is 5.64. The highest BCUT2D eigenvalue weighted by Crippen LogP contribution is 2.24. The van der Waals surface area contributed by atoms with Crippen LogP contribution in [0, 0.1) is 0 Å². The Morgan fingerprint density at radius 2 is 1.92 bits per heavy atom. The second kappa shape index (κ2) is 7.85. The smallest absolute Gasteiger partial charge is 0.261 e. The molecule has 0 spiro atoms. The molecule has 5 nitrogen and oxygen atoms in total. The third-order valence-corrected chi connectivity index (χ3v) is 5.71. The lowest BCUT2D eigenvalue weighted by atomic mass is 10.1. The monoisotopic (exact) mass is 366 g/mol. The Bertz CT molecular complexity index is 851. The van der Waals surface area contributed by atoms with Gasteiger partial charge in [-0.1, -0.05) is 18.6 Å². The van der Waals surface area contributed by atoms with E-state index in [9.17, 15) is 4.79 Å². The molecular formula is C20H22N4OS. The van der Waals surface area contributed by atoms with Gasteiger partial charge < -0.3 is 10.7 Å². The third kappa shape index (κ3) is 4.03. The van der Waals surface area contributed by atoms with E-state index in [1.807, 2.05) is 12.1 Å². The molecule has 26 heavy (non-hydrogen) atoms. The molecule has 4 rings (SSSR count). The molecule has 0 atom stereocenters. The van der Waals surface area contributed by atoms with E-state index in [-0.39, 0.29) is 5.91 Å². The number of nitrogens with one attached hydrogen (secondary N) is 2. The van der Waals surface area contributed by atoms with E-state index in [1.165, 1.54) is 30.6 Å². The van der Waals surface area contributed by atoms with Crippen molar-refractivity contribution in [2.45, 2.75) is 25.8 Å². The summed E-state index contributed by atoms with van der Waals surface area (Å²) in [4.78, 5) is 17.2. The molecule has 2 aromatic heterocycles. The van der Waals surface area contributed by atoms with Gasteiger partial charge in [0.1, 0.15) is 0 Å². The van der Waals surface area contributed by atoms with Gasteiger partial charge in [-0.15, -0.1) is 11.3 Å². The number of thiophene rings is 1. The molecule has 3 heterocycles. The van der Waals surface area contributed by atoms with Crippen LogP contribution in [-0.4, -0.2) is 29.0 Å². The fourth-order valence-corrected chi connectivity index (χ4v) is 4.10. The number of anilines is 1. The van der Waals surface area contributed by atoms with Crippen molar-refractivity contribution in [1.82, 2.24) is 15.3 Å². The number of carbonyl (C=O) groups is 1. The summed E-state index contributed by atoms with van der Waals surface area (Å²) in [5.74, 6) is -0.0401. The highest BCUT2D eigenvalue weighted by atomic mass is 32.1. The fourth-order valence-electron chi connectivity index (χ4n) is 3.15. The number of carbonyl (C=O) groups excluding carboxylic acids is 1. The van der Waals surface area contributed by atoms with Crippen molar-refractivity contribution in [3.63, 3.8) is 0 Å². The standard InChI is InChI=1S/C20H22N4OS/c25-20(19-12-16-14-21-9-8-18(16)26-19)22-13-15-4-6-17(7-5-15)23-24-10-2-1-3-11-24/h4-9,12,14,23H,1-3,10-11,13H2,(H,22,25). The van der Waals surface area contributed by atoms with E-state index >= 15 is 0 Å². The summed E-state index contributed by atoms with van der Waals surface area (Å²) in [6.07, 6.45) is 7.37. The van der Waals surface area contributed by atoms with Gasteiger partial charge in [-0.2, -0.15) is 0 Å². The predicted octanol–water partition coefficient (Wildman–Crippen LogP) is 4.04. The first-order chi connectivity index (χ1) is 12.8. The van der Waals surface area contributed by atoms with E-state index in [1.54, 1.807) is 12.4 Å². The number of pyridine rings is 1. The first-order valence-corrected chi connectivity index (χ1v) is 9.82. The summed E-state index contributed by atoms with van der Waals surface area (Å²) in [7, 11) is 0. The average Bonchev–Trinajstić information content (AvgIpc) is 3.12. The Hall–Kier alpha value is -2.44. The number of rotatable bonds is 5. The van der Waals surface area contributed by atoms with E-state index in [4.69, 9.17) is 0 Å². The molecule has 1 amide bonds. The molecule has 0 aliphatic carbocycles. The minimum atomic E-state index is -0.0401. The van der Waals surface area contributed by atoms with Crippen LogP contribution in [0.1, 0.15) is 34.5 Å². The van der Waals surface area contributed by atoms with Gasteiger partial charge in [0.15, 0.2) is 0 Å². The molecule has 0 radical (unpaired) electrons. The van der Waals surface area contributed by atoms with Crippen LogP contribution in [0.3, 0.4) is 0 Å². The largest absolute Gasteiger partial charge is 0.347 e. The number of hydrogen-bond acceptors (Lipinski definition) is 5. The Balaban J connectivity index is 1.33. The van der Waals surface area contributed by atoms with Crippen molar-refractivity contribution in [3.8, 4) is 0 Å². The van der Waals surface area contributed by atoms with Gasteiger partial charge in [-0.05, 0) is 42.7 Å². The maximum absolute atomic E-state index is 12.4. The maximum atomic E-state index is 12.4. The van der Waals surface area contributed by atoms with Gasteiger partial charge in [0.2, 0.25) is 0 Å². The van der Waals surface area contributed by atoms with Crippen LogP contribution in [0.25, 0.3) is 10.1 Å². The zero-order chi connectivity index (χ0) is 17.8.